The third-order valence-corrected chi connectivity index (χ3v) is 0.158. The second kappa shape index (κ2) is 2.96. The zero-order valence-electron chi connectivity index (χ0n) is 2.65. The van der Waals surface area contributed by atoms with Crippen molar-refractivity contribution in [2.75, 3.05) is 0 Å². The Hall–Kier alpha value is -0.0400. The van der Waals surface area contributed by atoms with Gasteiger partial charge in [0.2, 0.25) is 0 Å². The highest BCUT2D eigenvalue weighted by molar-refractivity contribution is 4.32. The Morgan fingerprint density at radius 3 is 2.25 bits per heavy atom. The van der Waals surface area contributed by atoms with E-state index in [1.54, 1.807) is 0 Å². The lowest BCUT2D eigenvalue weighted by atomic mass is 10.5. The molecule has 0 rings (SSSR count). The molecule has 24 valence electrons. The smallest absolute Gasteiger partial charge is 0.127 e. The lowest BCUT2D eigenvalue weighted by Crippen LogP contribution is -1.57. The first kappa shape index (κ1) is 3.96. The summed E-state index contributed by atoms with van der Waals surface area (Å²) in [5, 5.41) is 7.62. The van der Waals surface area contributed by atoms with E-state index in [4.69, 9.17) is 5.11 Å². The van der Waals surface area contributed by atoms with Crippen LogP contribution in [-0.4, -0.2) is 5.11 Å². The fourth-order valence-corrected chi connectivity index (χ4v) is 0. The van der Waals surface area contributed by atoms with Crippen LogP contribution in [0.25, 0.3) is 0 Å². The summed E-state index contributed by atoms with van der Waals surface area (Å²) in [6.45, 7) is 3.75. The van der Waals surface area contributed by atoms with Gasteiger partial charge in [0, 0.05) is 0 Å². The average molecular weight is 58.1 g/mol. The summed E-state index contributed by atoms with van der Waals surface area (Å²) in [5.74, 6) is 0. The first-order valence-corrected chi connectivity index (χ1v) is 1.28. The molecule has 0 fully saturated rings. The molecule has 0 aliphatic rings. The highest BCUT2D eigenvalue weighted by Crippen LogP contribution is 1.69. The van der Waals surface area contributed by atoms with Gasteiger partial charge in [-0.1, -0.05) is 6.92 Å². The molecule has 0 aliphatic carbocycles. The summed E-state index contributed by atoms with van der Waals surface area (Å²) < 4.78 is 0. The van der Waals surface area contributed by atoms with Gasteiger partial charge in [0.25, 0.3) is 0 Å². The molecule has 1 heteroatoms. The summed E-state index contributed by atoms with van der Waals surface area (Å²) in [7, 11) is 0. The summed E-state index contributed by atoms with van der Waals surface area (Å²) in [6, 6.07) is 0. The topological polar surface area (TPSA) is 20.2 Å². The summed E-state index contributed by atoms with van der Waals surface area (Å²) >= 11 is 0. The van der Waals surface area contributed by atoms with E-state index in [-0.39, 0.29) is 0 Å². The Kier molecular flexibility index (Phi) is 2.93. The van der Waals surface area contributed by atoms with Crippen LogP contribution in [0.15, 0.2) is 0 Å². The van der Waals surface area contributed by atoms with Crippen LogP contribution in [0.5, 0.6) is 0 Å². The molecule has 0 saturated carbocycles. The van der Waals surface area contributed by atoms with Crippen LogP contribution in [0.4, 0.5) is 0 Å². The Bertz CT molecular complexity index is 5.25. The molecule has 0 aromatic rings. The van der Waals surface area contributed by atoms with Crippen molar-refractivity contribution >= 4 is 0 Å². The summed E-state index contributed by atoms with van der Waals surface area (Å²) in [6.07, 6.45) is 0.625. The van der Waals surface area contributed by atoms with Crippen molar-refractivity contribution in [3.63, 3.8) is 0 Å². The molecule has 0 amide bonds. The second-order valence-electron chi connectivity index (χ2n) is 0.512. The number of hydrogen-bond acceptors (Lipinski definition) is 1. The van der Waals surface area contributed by atoms with Gasteiger partial charge < -0.3 is 5.11 Å². The van der Waals surface area contributed by atoms with Gasteiger partial charge in [-0.2, -0.15) is 0 Å². The molecule has 2 radical (unpaired) electrons. The van der Waals surface area contributed by atoms with E-state index in [1.165, 1.54) is 0 Å². The van der Waals surface area contributed by atoms with Crippen LogP contribution in [0.3, 0.4) is 0 Å². The molecule has 1 N–H and O–H groups in total. The highest BCUT2D eigenvalue weighted by Gasteiger charge is 1.61. The standard InChI is InChI=1S/C3H6O/c1-2-3-4/h4H,2H2,1H3. The van der Waals surface area contributed by atoms with E-state index in [0.717, 1.165) is 0 Å². The minimum atomic E-state index is 0.625. The van der Waals surface area contributed by atoms with Crippen LogP contribution >= 0.6 is 0 Å². The van der Waals surface area contributed by atoms with Gasteiger partial charge in [-0.05, 0) is 6.42 Å². The maximum absolute atomic E-state index is 7.62. The van der Waals surface area contributed by atoms with Crippen LogP contribution in [-0.2, 0) is 0 Å². The lowest BCUT2D eigenvalue weighted by Gasteiger charge is -1.65. The maximum Gasteiger partial charge on any atom is 0.127 e. The normalized spacial score (nSPS) is 7.50. The van der Waals surface area contributed by atoms with Crippen molar-refractivity contribution in [2.24, 2.45) is 0 Å². The van der Waals surface area contributed by atoms with Crippen molar-refractivity contribution in [1.29, 1.82) is 0 Å². The van der Waals surface area contributed by atoms with E-state index in [9.17, 15) is 0 Å². The number of hydrogen-bond donors (Lipinski definition) is 1. The molecule has 4 heavy (non-hydrogen) atoms. The average Bonchev–Trinajstić information content (AvgIpc) is 1.37. The molecule has 0 aliphatic heterocycles. The molecule has 0 unspecified atom stereocenters. The summed E-state index contributed by atoms with van der Waals surface area (Å²) in [4.78, 5) is 0. The van der Waals surface area contributed by atoms with Gasteiger partial charge in [-0.3, -0.25) is 0 Å². The Morgan fingerprint density at radius 2 is 2.25 bits per heavy atom. The van der Waals surface area contributed by atoms with Crippen LogP contribution in [0.2, 0.25) is 0 Å². The largest absolute Gasteiger partial charge is 0.384 e. The van der Waals surface area contributed by atoms with Gasteiger partial charge in [0.1, 0.15) is 6.61 Å². The predicted octanol–water partition coefficient (Wildman–Crippen LogP) is 0.808. The van der Waals surface area contributed by atoms with Gasteiger partial charge in [0.15, 0.2) is 0 Å². The Balaban J connectivity index is 1.97. The van der Waals surface area contributed by atoms with Gasteiger partial charge in [-0.25, -0.2) is 0 Å². The van der Waals surface area contributed by atoms with E-state index in [1.807, 2.05) is 13.5 Å². The highest BCUT2D eigenvalue weighted by atomic mass is 16.2. The van der Waals surface area contributed by atoms with Crippen LogP contribution in [0, 0.1) is 6.61 Å². The molecular weight excluding hydrogens is 52.0 g/mol. The fraction of sp³-hybridized carbons (Fsp3) is 0.667. The number of rotatable bonds is 1. The maximum atomic E-state index is 7.62. The van der Waals surface area contributed by atoms with E-state index < -0.39 is 0 Å². The molecule has 0 atom stereocenters. The van der Waals surface area contributed by atoms with Crippen molar-refractivity contribution in [3.05, 3.63) is 6.61 Å². The van der Waals surface area contributed by atoms with E-state index in [2.05, 4.69) is 0 Å². The zero-order chi connectivity index (χ0) is 3.41. The minimum absolute atomic E-state index is 0.625. The molecular formula is C3H6O. The predicted molar refractivity (Wildman–Crippen MR) is 15.5 cm³/mol. The third-order valence-electron chi connectivity index (χ3n) is 0.158. The number of aliphatic hydroxyl groups excluding tert-OH is 1. The van der Waals surface area contributed by atoms with Crippen molar-refractivity contribution in [1.82, 2.24) is 0 Å². The Morgan fingerprint density at radius 1 is 2.00 bits per heavy atom. The molecule has 0 spiro atoms. The molecule has 0 saturated heterocycles. The number of aliphatic hydroxyl groups is 1. The molecule has 0 aromatic heterocycles. The van der Waals surface area contributed by atoms with Gasteiger partial charge in [0.05, 0.1) is 0 Å². The van der Waals surface area contributed by atoms with Crippen LogP contribution < -0.4 is 0 Å². The SMILES string of the molecule is CC[C]O. The van der Waals surface area contributed by atoms with Crippen molar-refractivity contribution < 1.29 is 5.11 Å². The second-order valence-corrected chi connectivity index (χ2v) is 0.512. The van der Waals surface area contributed by atoms with Crippen molar-refractivity contribution in [2.45, 2.75) is 13.3 Å². The summed E-state index contributed by atoms with van der Waals surface area (Å²) in [5.41, 5.74) is 0. The van der Waals surface area contributed by atoms with E-state index >= 15 is 0 Å². The van der Waals surface area contributed by atoms with Gasteiger partial charge >= 0.3 is 0 Å². The minimum Gasteiger partial charge on any atom is -0.384 e. The van der Waals surface area contributed by atoms with Crippen LogP contribution in [0.1, 0.15) is 13.3 Å². The zero-order valence-corrected chi connectivity index (χ0v) is 2.65. The fourth-order valence-electron chi connectivity index (χ4n) is 0. The molecule has 0 bridgehead atoms. The molecule has 1 nitrogen and oxygen atoms in total. The monoisotopic (exact) mass is 58.0 g/mol. The van der Waals surface area contributed by atoms with Crippen molar-refractivity contribution in [3.8, 4) is 0 Å². The quantitative estimate of drug-likeness (QED) is 0.473. The molecule has 0 aromatic carbocycles. The first-order chi connectivity index (χ1) is 1.91. The molecule has 0 heterocycles. The Labute approximate surface area is 26.3 Å². The van der Waals surface area contributed by atoms with E-state index in [0.29, 0.717) is 6.42 Å². The van der Waals surface area contributed by atoms with Gasteiger partial charge in [-0.15, -0.1) is 0 Å². The first-order valence-electron chi connectivity index (χ1n) is 1.28. The lowest BCUT2D eigenvalue weighted by molar-refractivity contribution is 0.381. The third kappa shape index (κ3) is 1.96.